The Morgan fingerprint density at radius 1 is 1.40 bits per heavy atom. The molecule has 108 valence electrons. The summed E-state index contributed by atoms with van der Waals surface area (Å²) in [6.45, 7) is 2.85. The fourth-order valence-electron chi connectivity index (χ4n) is 3.55. The summed E-state index contributed by atoms with van der Waals surface area (Å²) in [5.74, 6) is 0.622. The SMILES string of the molecule is CN1CCCC2CN(C(=O)c3cccnc3Cl)CCC21. The van der Waals surface area contributed by atoms with Crippen LogP contribution in [0.5, 0.6) is 0 Å². The van der Waals surface area contributed by atoms with Gasteiger partial charge in [-0.25, -0.2) is 4.98 Å². The summed E-state index contributed by atoms with van der Waals surface area (Å²) < 4.78 is 0. The van der Waals surface area contributed by atoms with Gasteiger partial charge in [-0.05, 0) is 50.9 Å². The number of pyridine rings is 1. The second-order valence-corrected chi connectivity index (χ2v) is 6.19. The maximum atomic E-state index is 12.6. The molecule has 0 saturated carbocycles. The van der Waals surface area contributed by atoms with Crippen LogP contribution in [0.4, 0.5) is 0 Å². The quantitative estimate of drug-likeness (QED) is 0.746. The number of halogens is 1. The Morgan fingerprint density at radius 3 is 3.05 bits per heavy atom. The third-order valence-corrected chi connectivity index (χ3v) is 4.92. The zero-order valence-corrected chi connectivity index (χ0v) is 12.5. The van der Waals surface area contributed by atoms with Gasteiger partial charge in [-0.1, -0.05) is 11.6 Å². The van der Waals surface area contributed by atoms with Crippen molar-refractivity contribution in [3.63, 3.8) is 0 Å². The van der Waals surface area contributed by atoms with Crippen molar-refractivity contribution in [2.75, 3.05) is 26.7 Å². The van der Waals surface area contributed by atoms with E-state index in [9.17, 15) is 4.79 Å². The normalized spacial score (nSPS) is 27.2. The number of carbonyl (C=O) groups is 1. The van der Waals surface area contributed by atoms with Gasteiger partial charge in [0.1, 0.15) is 5.15 Å². The zero-order valence-electron chi connectivity index (χ0n) is 11.8. The van der Waals surface area contributed by atoms with Gasteiger partial charge in [0, 0.05) is 25.3 Å². The van der Waals surface area contributed by atoms with Gasteiger partial charge in [0.2, 0.25) is 0 Å². The van der Waals surface area contributed by atoms with E-state index < -0.39 is 0 Å². The number of hydrogen-bond acceptors (Lipinski definition) is 3. The second-order valence-electron chi connectivity index (χ2n) is 5.83. The molecule has 1 aromatic rings. The van der Waals surface area contributed by atoms with Crippen molar-refractivity contribution >= 4 is 17.5 Å². The first kappa shape index (κ1) is 13.8. The molecule has 5 heteroatoms. The van der Waals surface area contributed by atoms with E-state index in [4.69, 9.17) is 11.6 Å². The molecule has 2 fully saturated rings. The number of likely N-dealkylation sites (tertiary alicyclic amines) is 2. The molecule has 1 amide bonds. The summed E-state index contributed by atoms with van der Waals surface area (Å²) in [5, 5.41) is 0.306. The number of piperidine rings is 2. The minimum absolute atomic E-state index is 0.0229. The number of hydrogen-bond donors (Lipinski definition) is 0. The molecule has 0 spiro atoms. The maximum Gasteiger partial charge on any atom is 0.256 e. The Hall–Kier alpha value is -1.13. The lowest BCUT2D eigenvalue weighted by atomic mass is 9.84. The summed E-state index contributed by atoms with van der Waals surface area (Å²) in [6, 6.07) is 4.16. The minimum Gasteiger partial charge on any atom is -0.338 e. The highest BCUT2D eigenvalue weighted by Gasteiger charge is 2.36. The van der Waals surface area contributed by atoms with Gasteiger partial charge in [-0.3, -0.25) is 4.79 Å². The third kappa shape index (κ3) is 2.54. The van der Waals surface area contributed by atoms with Crippen LogP contribution in [0.1, 0.15) is 29.6 Å². The van der Waals surface area contributed by atoms with Crippen LogP contribution in [0.3, 0.4) is 0 Å². The van der Waals surface area contributed by atoms with E-state index in [2.05, 4.69) is 16.9 Å². The molecule has 0 radical (unpaired) electrons. The molecule has 3 rings (SSSR count). The van der Waals surface area contributed by atoms with Crippen LogP contribution in [-0.4, -0.2) is 53.4 Å². The number of carbonyl (C=O) groups excluding carboxylic acids is 1. The van der Waals surface area contributed by atoms with Crippen LogP contribution in [-0.2, 0) is 0 Å². The molecule has 0 N–H and O–H groups in total. The first-order valence-corrected chi connectivity index (χ1v) is 7.64. The van der Waals surface area contributed by atoms with Gasteiger partial charge in [-0.15, -0.1) is 0 Å². The van der Waals surface area contributed by atoms with E-state index in [0.717, 1.165) is 19.5 Å². The summed E-state index contributed by atoms with van der Waals surface area (Å²) in [6.07, 6.45) is 5.12. The maximum absolute atomic E-state index is 12.6. The average Bonchev–Trinajstić information content (AvgIpc) is 2.47. The van der Waals surface area contributed by atoms with Crippen LogP contribution in [0, 0.1) is 5.92 Å². The summed E-state index contributed by atoms with van der Waals surface area (Å²) >= 11 is 6.03. The number of aromatic nitrogens is 1. The lowest BCUT2D eigenvalue weighted by molar-refractivity contribution is 0.0317. The molecular weight excluding hydrogens is 274 g/mol. The Balaban J connectivity index is 1.73. The number of fused-ring (bicyclic) bond motifs is 1. The monoisotopic (exact) mass is 293 g/mol. The lowest BCUT2D eigenvalue weighted by Crippen LogP contribution is -2.53. The summed E-state index contributed by atoms with van der Waals surface area (Å²) in [5.41, 5.74) is 0.525. The van der Waals surface area contributed by atoms with Gasteiger partial charge in [-0.2, -0.15) is 0 Å². The Bertz CT molecular complexity index is 508. The number of nitrogens with zero attached hydrogens (tertiary/aromatic N) is 3. The molecule has 4 nitrogen and oxygen atoms in total. The lowest BCUT2D eigenvalue weighted by Gasteiger charge is -2.46. The molecule has 2 saturated heterocycles. The summed E-state index contributed by atoms with van der Waals surface area (Å²) in [4.78, 5) is 21.0. The first-order valence-electron chi connectivity index (χ1n) is 7.27. The van der Waals surface area contributed by atoms with E-state index in [1.54, 1.807) is 18.3 Å². The van der Waals surface area contributed by atoms with Crippen LogP contribution in [0.25, 0.3) is 0 Å². The Labute approximate surface area is 124 Å². The number of amides is 1. The predicted molar refractivity (Wildman–Crippen MR) is 78.9 cm³/mol. The molecular formula is C15H20ClN3O. The summed E-state index contributed by atoms with van der Waals surface area (Å²) in [7, 11) is 2.20. The second kappa shape index (κ2) is 5.70. The molecule has 1 aromatic heterocycles. The van der Waals surface area contributed by atoms with Crippen molar-refractivity contribution < 1.29 is 4.79 Å². The highest BCUT2D eigenvalue weighted by atomic mass is 35.5. The van der Waals surface area contributed by atoms with Gasteiger partial charge in [0.15, 0.2) is 0 Å². The Morgan fingerprint density at radius 2 is 2.25 bits per heavy atom. The highest BCUT2D eigenvalue weighted by Crippen LogP contribution is 2.30. The van der Waals surface area contributed by atoms with E-state index >= 15 is 0 Å². The molecule has 2 aliphatic heterocycles. The molecule has 2 atom stereocenters. The van der Waals surface area contributed by atoms with E-state index in [1.165, 1.54) is 19.4 Å². The first-order chi connectivity index (χ1) is 9.66. The molecule has 2 aliphatic rings. The van der Waals surface area contributed by atoms with Gasteiger partial charge in [0.25, 0.3) is 5.91 Å². The molecule has 2 unspecified atom stereocenters. The van der Waals surface area contributed by atoms with Crippen molar-refractivity contribution in [2.45, 2.75) is 25.3 Å². The molecule has 20 heavy (non-hydrogen) atoms. The van der Waals surface area contributed by atoms with Crippen LogP contribution >= 0.6 is 11.6 Å². The molecule has 0 aliphatic carbocycles. The van der Waals surface area contributed by atoms with Crippen LogP contribution < -0.4 is 0 Å². The average molecular weight is 294 g/mol. The van der Waals surface area contributed by atoms with Crippen molar-refractivity contribution in [2.24, 2.45) is 5.92 Å². The van der Waals surface area contributed by atoms with Crippen molar-refractivity contribution in [3.8, 4) is 0 Å². The smallest absolute Gasteiger partial charge is 0.256 e. The van der Waals surface area contributed by atoms with Crippen LogP contribution in [0.15, 0.2) is 18.3 Å². The predicted octanol–water partition coefficient (Wildman–Crippen LogP) is 2.29. The van der Waals surface area contributed by atoms with Crippen molar-refractivity contribution in [1.82, 2.24) is 14.8 Å². The molecule has 0 bridgehead atoms. The third-order valence-electron chi connectivity index (χ3n) is 4.62. The van der Waals surface area contributed by atoms with Gasteiger partial charge in [0.05, 0.1) is 5.56 Å². The topological polar surface area (TPSA) is 36.4 Å². The Kier molecular flexibility index (Phi) is 3.94. The standard InChI is InChI=1S/C15H20ClN3O/c1-18-8-3-4-11-10-19(9-6-13(11)18)15(20)12-5-2-7-17-14(12)16/h2,5,7,11,13H,3-4,6,8-10H2,1H3. The van der Waals surface area contributed by atoms with E-state index in [-0.39, 0.29) is 5.91 Å². The number of rotatable bonds is 1. The molecule has 0 aromatic carbocycles. The highest BCUT2D eigenvalue weighted by molar-refractivity contribution is 6.32. The zero-order chi connectivity index (χ0) is 14.1. The fourth-order valence-corrected chi connectivity index (χ4v) is 3.75. The van der Waals surface area contributed by atoms with Gasteiger partial charge >= 0.3 is 0 Å². The minimum atomic E-state index is 0.0229. The largest absolute Gasteiger partial charge is 0.338 e. The van der Waals surface area contributed by atoms with Crippen molar-refractivity contribution in [1.29, 1.82) is 0 Å². The molecule has 3 heterocycles. The van der Waals surface area contributed by atoms with E-state index in [0.29, 0.717) is 22.7 Å². The van der Waals surface area contributed by atoms with E-state index in [1.807, 2.05) is 4.90 Å². The van der Waals surface area contributed by atoms with Gasteiger partial charge < -0.3 is 9.80 Å². The van der Waals surface area contributed by atoms with Crippen LogP contribution in [0.2, 0.25) is 5.15 Å². The van der Waals surface area contributed by atoms with Crippen molar-refractivity contribution in [3.05, 3.63) is 29.0 Å². The fraction of sp³-hybridized carbons (Fsp3) is 0.600.